The number of alkyl halides is 23. The number of rotatable bonds is 5. The highest BCUT2D eigenvalue weighted by Gasteiger charge is 2.46. The van der Waals surface area contributed by atoms with Crippen LogP contribution in [0.1, 0.15) is 50.9 Å². The molecular weight excluding hydrogens is 832 g/mol. The zero-order valence-electron chi connectivity index (χ0n) is 26.3. The lowest BCUT2D eigenvalue weighted by Gasteiger charge is -2.46. The summed E-state index contributed by atoms with van der Waals surface area (Å²) in [6.45, 7) is 0. The molecule has 0 saturated heterocycles. The Morgan fingerprint density at radius 3 is 0.625 bits per heavy atom. The van der Waals surface area contributed by atoms with E-state index in [0.29, 0.717) is 0 Å². The molecular formula is C32H13BF23-. The minimum atomic E-state index is -6.06. The molecule has 4 aromatic rings. The summed E-state index contributed by atoms with van der Waals surface area (Å²) in [5.74, 6) is 0. The van der Waals surface area contributed by atoms with Crippen molar-refractivity contribution in [3.8, 4) is 0 Å². The quantitative estimate of drug-likeness (QED) is 0.139. The monoisotopic (exact) mass is 845 g/mol. The fourth-order valence-electron chi connectivity index (χ4n) is 6.06. The molecule has 0 spiro atoms. The first kappa shape index (κ1) is 44.1. The van der Waals surface area contributed by atoms with Crippen LogP contribution in [0.2, 0.25) is 0 Å². The van der Waals surface area contributed by atoms with E-state index in [4.69, 9.17) is 0 Å². The SMILES string of the molecule is FC(F)c1cc([B-](c2cc(C(F)(F)F)cc(C(F)(F)F)c2)(c2cc(C(F)(F)F)cc(C(F)(F)F)c2)c2cc(C(F)(F)F)cc(C(F)(F)F)c2)cc(C(F)(F)F)c1. The lowest BCUT2D eigenvalue weighted by atomic mass is 9.12. The Hall–Kier alpha value is -4.67. The summed E-state index contributed by atoms with van der Waals surface area (Å²) in [6, 6.07) is -7.19. The van der Waals surface area contributed by atoms with E-state index < -0.39 is 189 Å². The Morgan fingerprint density at radius 1 is 0.268 bits per heavy atom. The topological polar surface area (TPSA) is 0 Å². The maximum atomic E-state index is 14.2. The summed E-state index contributed by atoms with van der Waals surface area (Å²) in [4.78, 5) is 0. The molecule has 0 heterocycles. The van der Waals surface area contributed by atoms with Gasteiger partial charge in [0.15, 0.2) is 0 Å². The van der Waals surface area contributed by atoms with Crippen molar-refractivity contribution in [2.24, 2.45) is 0 Å². The molecule has 4 aromatic carbocycles. The van der Waals surface area contributed by atoms with Gasteiger partial charge in [0.2, 0.25) is 0 Å². The van der Waals surface area contributed by atoms with Crippen LogP contribution in [0, 0.1) is 0 Å². The molecule has 0 fully saturated rings. The first-order chi connectivity index (χ1) is 25.0. The van der Waals surface area contributed by atoms with E-state index >= 15 is 0 Å². The normalized spacial score (nSPS) is 14.1. The third kappa shape index (κ3) is 8.97. The molecule has 4 rings (SSSR count). The highest BCUT2D eigenvalue weighted by Crippen LogP contribution is 2.40. The van der Waals surface area contributed by atoms with E-state index in [0.717, 1.165) is 0 Å². The minimum absolute atomic E-state index is 0.325. The fourth-order valence-corrected chi connectivity index (χ4v) is 6.06. The van der Waals surface area contributed by atoms with Crippen LogP contribution in [0.4, 0.5) is 101 Å². The molecule has 0 nitrogen and oxygen atoms in total. The van der Waals surface area contributed by atoms with E-state index in [1.165, 1.54) is 0 Å². The van der Waals surface area contributed by atoms with E-state index in [1.54, 1.807) is 0 Å². The summed E-state index contributed by atoms with van der Waals surface area (Å²) in [5.41, 5.74) is -28.2. The summed E-state index contributed by atoms with van der Waals surface area (Å²) in [6.07, 6.45) is -52.1. The van der Waals surface area contributed by atoms with Gasteiger partial charge in [-0.25, -0.2) is 8.78 Å². The maximum Gasteiger partial charge on any atom is 0.416 e. The van der Waals surface area contributed by atoms with Gasteiger partial charge in [-0.15, -0.1) is 0 Å². The molecule has 0 N–H and O–H groups in total. The van der Waals surface area contributed by atoms with Crippen molar-refractivity contribution in [1.82, 2.24) is 0 Å². The molecule has 306 valence electrons. The third-order valence-electron chi connectivity index (χ3n) is 8.39. The summed E-state index contributed by atoms with van der Waals surface area (Å²) in [7, 11) is 0. The first-order valence-electron chi connectivity index (χ1n) is 14.5. The lowest BCUT2D eigenvalue weighted by molar-refractivity contribution is -0.144. The van der Waals surface area contributed by atoms with Crippen molar-refractivity contribution < 1.29 is 101 Å². The van der Waals surface area contributed by atoms with Gasteiger partial charge < -0.3 is 0 Å². The lowest BCUT2D eigenvalue weighted by Crippen LogP contribution is -2.75. The number of halogens is 23. The third-order valence-corrected chi connectivity index (χ3v) is 8.39. The maximum absolute atomic E-state index is 14.2. The van der Waals surface area contributed by atoms with Crippen molar-refractivity contribution in [2.45, 2.75) is 49.7 Å². The Kier molecular flexibility index (Phi) is 10.8. The van der Waals surface area contributed by atoms with Gasteiger partial charge in [-0.05, 0) is 24.3 Å². The predicted molar refractivity (Wildman–Crippen MR) is 150 cm³/mol. The van der Waals surface area contributed by atoms with Crippen LogP contribution >= 0.6 is 0 Å². The van der Waals surface area contributed by atoms with Crippen LogP contribution in [0.15, 0.2) is 72.8 Å². The molecule has 24 heteroatoms. The van der Waals surface area contributed by atoms with Crippen LogP contribution in [0.3, 0.4) is 0 Å². The highest BCUT2D eigenvalue weighted by molar-refractivity contribution is 7.20. The molecule has 0 aliphatic heterocycles. The van der Waals surface area contributed by atoms with Gasteiger partial charge in [-0.1, -0.05) is 48.5 Å². The second-order valence-electron chi connectivity index (χ2n) is 12.1. The van der Waals surface area contributed by atoms with Gasteiger partial charge in [-0.3, -0.25) is 0 Å². The zero-order chi connectivity index (χ0) is 43.0. The molecule has 0 aliphatic carbocycles. The molecule has 0 radical (unpaired) electrons. The summed E-state index contributed by atoms with van der Waals surface area (Å²) in [5, 5.41) is 0. The standard InChI is InChI=1S/C32H13BF23/c34-25(35)13-1-14(26(36,37)38)6-21(2-13)33(22-7-15(27(39,40)41)3-16(8-22)28(42,43)44,23-9-17(29(45,46)47)4-18(10-23)30(48,49)50)24-11-19(31(51,52)53)5-20(12-24)32(54,55)56/h1-12,25H/q-1. The van der Waals surface area contributed by atoms with Crippen LogP contribution in [0.5, 0.6) is 0 Å². The van der Waals surface area contributed by atoms with E-state index in [-0.39, 0.29) is 6.07 Å². The second-order valence-corrected chi connectivity index (χ2v) is 12.1. The van der Waals surface area contributed by atoms with Crippen LogP contribution in [0.25, 0.3) is 0 Å². The van der Waals surface area contributed by atoms with Crippen molar-refractivity contribution in [3.63, 3.8) is 0 Å². The predicted octanol–water partition coefficient (Wildman–Crippen LogP) is 11.1. The van der Waals surface area contributed by atoms with Crippen molar-refractivity contribution in [1.29, 1.82) is 0 Å². The smallest absolute Gasteiger partial charge is 0.205 e. The largest absolute Gasteiger partial charge is 0.416 e. The Labute approximate surface area is 296 Å². The van der Waals surface area contributed by atoms with Gasteiger partial charge in [0.1, 0.15) is 6.15 Å². The van der Waals surface area contributed by atoms with Crippen molar-refractivity contribution in [3.05, 3.63) is 117 Å². The average molecular weight is 845 g/mol. The van der Waals surface area contributed by atoms with E-state index in [1.807, 2.05) is 0 Å². The first-order valence-corrected chi connectivity index (χ1v) is 14.5. The summed E-state index contributed by atoms with van der Waals surface area (Å²) >= 11 is 0. The Bertz CT molecular complexity index is 1810. The molecule has 0 aliphatic rings. The van der Waals surface area contributed by atoms with Crippen LogP contribution in [-0.2, 0) is 43.2 Å². The zero-order valence-corrected chi connectivity index (χ0v) is 26.3. The molecule has 56 heavy (non-hydrogen) atoms. The van der Waals surface area contributed by atoms with Gasteiger partial charge in [0.25, 0.3) is 6.43 Å². The number of hydrogen-bond acceptors (Lipinski definition) is 0. The van der Waals surface area contributed by atoms with Gasteiger partial charge in [0, 0.05) is 5.56 Å². The van der Waals surface area contributed by atoms with Crippen molar-refractivity contribution >= 4 is 28.0 Å². The Morgan fingerprint density at radius 2 is 0.446 bits per heavy atom. The molecule has 0 bridgehead atoms. The van der Waals surface area contributed by atoms with Crippen LogP contribution in [-0.4, -0.2) is 6.15 Å². The van der Waals surface area contributed by atoms with Crippen LogP contribution < -0.4 is 21.9 Å². The number of hydrogen-bond donors (Lipinski definition) is 0. The van der Waals surface area contributed by atoms with E-state index in [2.05, 4.69) is 0 Å². The molecule has 0 amide bonds. The Balaban J connectivity index is 2.60. The summed E-state index contributed by atoms with van der Waals surface area (Å²) < 4.78 is 327. The molecule has 0 unspecified atom stereocenters. The molecule has 0 aromatic heterocycles. The van der Waals surface area contributed by atoms with E-state index in [9.17, 15) is 101 Å². The minimum Gasteiger partial charge on any atom is -0.205 e. The molecule has 0 saturated carbocycles. The highest BCUT2D eigenvalue weighted by atomic mass is 19.4. The van der Waals surface area contributed by atoms with Gasteiger partial charge in [0.05, 0.1) is 38.9 Å². The second kappa shape index (κ2) is 13.8. The molecule has 0 atom stereocenters. The van der Waals surface area contributed by atoms with Crippen molar-refractivity contribution in [2.75, 3.05) is 0 Å². The van der Waals surface area contributed by atoms with Gasteiger partial charge >= 0.3 is 43.2 Å². The fraction of sp³-hybridized carbons (Fsp3) is 0.250. The number of benzene rings is 4. The average Bonchev–Trinajstić information content (AvgIpc) is 3.02. The van der Waals surface area contributed by atoms with Gasteiger partial charge in [-0.2, -0.15) is 114 Å².